The Morgan fingerprint density at radius 1 is 0.921 bits per heavy atom. The van der Waals surface area contributed by atoms with Gasteiger partial charge in [-0.1, -0.05) is 48.0 Å². The summed E-state index contributed by atoms with van der Waals surface area (Å²) >= 11 is 0. The fourth-order valence-electron chi connectivity index (χ4n) is 5.91. The van der Waals surface area contributed by atoms with Crippen molar-refractivity contribution in [2.24, 2.45) is 11.8 Å². The molecule has 3 heterocycles. The van der Waals surface area contributed by atoms with Crippen LogP contribution in [0, 0.1) is 18.8 Å². The monoisotopic (exact) mass is 528 g/mol. The number of rotatable bonds is 7. The Balaban J connectivity index is 1.12. The first-order valence-corrected chi connectivity index (χ1v) is 14.7. The maximum absolute atomic E-state index is 13.5. The Bertz CT molecular complexity index is 1570. The van der Waals surface area contributed by atoms with Gasteiger partial charge in [-0.2, -0.15) is 8.42 Å². The SMILES string of the molecule is Cc1ccc(S(=O)(=O)Oc2ccc3cc4n(c3c2)C(=O)C(CC2CCN(Cc3ccccc3)CC2)C4)cc1. The van der Waals surface area contributed by atoms with E-state index in [4.69, 9.17) is 4.18 Å². The minimum absolute atomic E-state index is 0.0269. The summed E-state index contributed by atoms with van der Waals surface area (Å²) in [6, 6.07) is 24.3. The average Bonchev–Trinajstić information content (AvgIpc) is 3.41. The molecule has 1 unspecified atom stereocenters. The first-order chi connectivity index (χ1) is 18.4. The minimum atomic E-state index is -3.96. The molecule has 196 valence electrons. The molecule has 1 fully saturated rings. The third kappa shape index (κ3) is 5.00. The highest BCUT2D eigenvalue weighted by atomic mass is 32.2. The molecule has 6 nitrogen and oxygen atoms in total. The van der Waals surface area contributed by atoms with Crippen LogP contribution in [0.2, 0.25) is 0 Å². The van der Waals surface area contributed by atoms with Gasteiger partial charge in [0, 0.05) is 29.6 Å². The lowest BCUT2D eigenvalue weighted by atomic mass is 9.85. The topological polar surface area (TPSA) is 68.6 Å². The van der Waals surface area contributed by atoms with Crippen LogP contribution < -0.4 is 4.18 Å². The molecule has 4 aromatic rings. The maximum atomic E-state index is 13.5. The molecule has 3 aromatic carbocycles. The van der Waals surface area contributed by atoms with E-state index < -0.39 is 10.1 Å². The normalized spacial score (nSPS) is 18.7. The Hall–Kier alpha value is -3.42. The molecule has 0 amide bonds. The summed E-state index contributed by atoms with van der Waals surface area (Å²) in [5.41, 5.74) is 4.02. The zero-order chi connectivity index (χ0) is 26.3. The molecular weight excluding hydrogens is 496 g/mol. The molecular formula is C31H32N2O4S. The lowest BCUT2D eigenvalue weighted by Gasteiger charge is -2.32. The van der Waals surface area contributed by atoms with Crippen LogP contribution in [-0.4, -0.2) is 36.9 Å². The molecule has 1 atom stereocenters. The van der Waals surface area contributed by atoms with Crippen molar-refractivity contribution in [3.05, 3.63) is 95.7 Å². The fraction of sp³-hybridized carbons (Fsp3) is 0.323. The number of hydrogen-bond acceptors (Lipinski definition) is 5. The summed E-state index contributed by atoms with van der Waals surface area (Å²) in [5.74, 6) is 0.840. The Morgan fingerprint density at radius 2 is 1.66 bits per heavy atom. The van der Waals surface area contributed by atoms with Gasteiger partial charge in [0.15, 0.2) is 0 Å². The van der Waals surface area contributed by atoms with Crippen LogP contribution >= 0.6 is 0 Å². The number of aromatic nitrogens is 1. The number of carbonyl (C=O) groups is 1. The summed E-state index contributed by atoms with van der Waals surface area (Å²) in [7, 11) is -3.96. The summed E-state index contributed by atoms with van der Waals surface area (Å²) in [6.45, 7) is 5.01. The van der Waals surface area contributed by atoms with Crippen molar-refractivity contribution < 1.29 is 17.4 Å². The predicted octanol–water partition coefficient (Wildman–Crippen LogP) is 5.83. The number of fused-ring (bicyclic) bond motifs is 3. The number of likely N-dealkylation sites (tertiary alicyclic amines) is 1. The van der Waals surface area contributed by atoms with E-state index in [0.717, 1.165) is 62.0 Å². The van der Waals surface area contributed by atoms with Gasteiger partial charge < -0.3 is 4.18 Å². The van der Waals surface area contributed by atoms with Gasteiger partial charge in [-0.25, -0.2) is 0 Å². The van der Waals surface area contributed by atoms with Gasteiger partial charge in [0.25, 0.3) is 0 Å². The predicted molar refractivity (Wildman–Crippen MR) is 148 cm³/mol. The Morgan fingerprint density at radius 3 is 2.39 bits per heavy atom. The molecule has 6 rings (SSSR count). The number of piperidine rings is 1. The van der Waals surface area contributed by atoms with E-state index >= 15 is 0 Å². The first-order valence-electron chi connectivity index (χ1n) is 13.3. The molecule has 0 N–H and O–H groups in total. The summed E-state index contributed by atoms with van der Waals surface area (Å²) in [5, 5.41) is 0.918. The van der Waals surface area contributed by atoms with Gasteiger partial charge in [-0.3, -0.25) is 14.3 Å². The number of hydrogen-bond donors (Lipinski definition) is 0. The quantitative estimate of drug-likeness (QED) is 0.282. The second kappa shape index (κ2) is 10.0. The van der Waals surface area contributed by atoms with E-state index in [0.29, 0.717) is 11.4 Å². The van der Waals surface area contributed by atoms with Crippen LogP contribution in [0.15, 0.2) is 83.8 Å². The first kappa shape index (κ1) is 24.9. The van der Waals surface area contributed by atoms with Crippen LogP contribution in [0.3, 0.4) is 0 Å². The lowest BCUT2D eigenvalue weighted by molar-refractivity contribution is 0.0830. The highest BCUT2D eigenvalue weighted by Gasteiger charge is 2.35. The molecule has 1 aromatic heterocycles. The standard InChI is InChI=1S/C31H32N2O4S/c1-22-7-11-29(12-8-22)38(35,36)37-28-10-9-25-18-27-19-26(31(34)33(27)30(25)20-28)17-23-13-15-32(16-14-23)21-24-5-3-2-4-6-24/h2-12,18,20,23,26H,13-17,19,21H2,1H3. The molecule has 0 aliphatic carbocycles. The largest absolute Gasteiger partial charge is 0.379 e. The van der Waals surface area contributed by atoms with Crippen molar-refractivity contribution in [3.63, 3.8) is 0 Å². The third-order valence-electron chi connectivity index (χ3n) is 7.97. The van der Waals surface area contributed by atoms with Crippen molar-refractivity contribution in [3.8, 4) is 5.75 Å². The smallest absolute Gasteiger partial charge is 0.339 e. The second-order valence-corrected chi connectivity index (χ2v) is 12.3. The zero-order valence-corrected chi connectivity index (χ0v) is 22.4. The van der Waals surface area contributed by atoms with Crippen LogP contribution in [0.1, 0.15) is 40.9 Å². The number of aryl methyl sites for hydroxylation is 1. The average molecular weight is 529 g/mol. The van der Waals surface area contributed by atoms with E-state index in [1.54, 1.807) is 41.0 Å². The number of carbonyl (C=O) groups excluding carboxylic acids is 1. The maximum Gasteiger partial charge on any atom is 0.339 e. The van der Waals surface area contributed by atoms with Crippen LogP contribution in [0.4, 0.5) is 0 Å². The highest BCUT2D eigenvalue weighted by Crippen LogP contribution is 2.36. The van der Waals surface area contributed by atoms with Gasteiger partial charge in [0.1, 0.15) is 10.6 Å². The molecule has 7 heteroatoms. The fourth-order valence-corrected chi connectivity index (χ4v) is 6.83. The minimum Gasteiger partial charge on any atom is -0.379 e. The highest BCUT2D eigenvalue weighted by molar-refractivity contribution is 7.87. The second-order valence-electron chi connectivity index (χ2n) is 10.7. The Kier molecular flexibility index (Phi) is 6.58. The van der Waals surface area contributed by atoms with Crippen LogP contribution in [0.5, 0.6) is 5.75 Å². The lowest BCUT2D eigenvalue weighted by Crippen LogP contribution is -2.34. The van der Waals surface area contributed by atoms with Gasteiger partial charge in [-0.15, -0.1) is 0 Å². The van der Waals surface area contributed by atoms with E-state index in [1.165, 1.54) is 5.56 Å². The van der Waals surface area contributed by atoms with E-state index in [9.17, 15) is 13.2 Å². The van der Waals surface area contributed by atoms with Crippen molar-refractivity contribution in [1.82, 2.24) is 9.47 Å². The number of nitrogens with zero attached hydrogens (tertiary/aromatic N) is 2. The van der Waals surface area contributed by atoms with E-state index in [1.807, 2.05) is 19.1 Å². The molecule has 0 saturated carbocycles. The Labute approximate surface area is 224 Å². The molecule has 0 spiro atoms. The van der Waals surface area contributed by atoms with Crippen LogP contribution in [-0.2, 0) is 23.1 Å². The van der Waals surface area contributed by atoms with E-state index in [-0.39, 0.29) is 22.5 Å². The summed E-state index contributed by atoms with van der Waals surface area (Å²) in [4.78, 5) is 16.1. The van der Waals surface area contributed by atoms with Crippen molar-refractivity contribution in [2.45, 2.75) is 44.0 Å². The van der Waals surface area contributed by atoms with Crippen molar-refractivity contribution in [1.29, 1.82) is 0 Å². The molecule has 2 aliphatic heterocycles. The molecule has 38 heavy (non-hydrogen) atoms. The van der Waals surface area contributed by atoms with Gasteiger partial charge in [0.2, 0.25) is 5.91 Å². The van der Waals surface area contributed by atoms with Crippen molar-refractivity contribution >= 4 is 26.9 Å². The summed E-state index contributed by atoms with van der Waals surface area (Å²) in [6.07, 6.45) is 3.86. The number of benzene rings is 3. The molecule has 0 bridgehead atoms. The van der Waals surface area contributed by atoms with E-state index in [2.05, 4.69) is 35.2 Å². The zero-order valence-electron chi connectivity index (χ0n) is 21.5. The molecule has 2 aliphatic rings. The molecule has 0 radical (unpaired) electrons. The summed E-state index contributed by atoms with van der Waals surface area (Å²) < 4.78 is 32.8. The van der Waals surface area contributed by atoms with Gasteiger partial charge in [-0.05, 0) is 87.5 Å². The third-order valence-corrected chi connectivity index (χ3v) is 9.23. The molecule has 1 saturated heterocycles. The van der Waals surface area contributed by atoms with Crippen LogP contribution in [0.25, 0.3) is 10.9 Å². The van der Waals surface area contributed by atoms with Crippen molar-refractivity contribution in [2.75, 3.05) is 13.1 Å². The van der Waals surface area contributed by atoms with Gasteiger partial charge in [0.05, 0.1) is 5.52 Å². The van der Waals surface area contributed by atoms with Gasteiger partial charge >= 0.3 is 10.1 Å².